The molecule has 1 N–H and O–H groups in total. The van der Waals surface area contributed by atoms with Gasteiger partial charge >= 0.3 is 5.97 Å². The van der Waals surface area contributed by atoms with E-state index in [1.165, 1.54) is 4.90 Å². The van der Waals surface area contributed by atoms with Crippen molar-refractivity contribution in [2.24, 2.45) is 5.41 Å². The lowest BCUT2D eigenvalue weighted by Gasteiger charge is -2.41. The van der Waals surface area contributed by atoms with E-state index in [1.807, 2.05) is 0 Å². The molecule has 2 rings (SSSR count). The van der Waals surface area contributed by atoms with Crippen molar-refractivity contribution in [3.63, 3.8) is 0 Å². The van der Waals surface area contributed by atoms with Gasteiger partial charge in [-0.1, -0.05) is 0 Å². The molecule has 5 nitrogen and oxygen atoms in total. The fourth-order valence-corrected chi connectivity index (χ4v) is 1.98. The molecule has 0 aromatic heterocycles. The van der Waals surface area contributed by atoms with E-state index in [2.05, 4.69) is 0 Å². The van der Waals surface area contributed by atoms with Crippen LogP contribution in [0.5, 0.6) is 0 Å². The van der Waals surface area contributed by atoms with Crippen molar-refractivity contribution < 1.29 is 28.2 Å². The minimum absolute atomic E-state index is 0.0964. The first-order valence-corrected chi connectivity index (χ1v) is 5.36. The van der Waals surface area contributed by atoms with Crippen LogP contribution < -0.4 is 0 Å². The third-order valence-corrected chi connectivity index (χ3v) is 3.30. The summed E-state index contributed by atoms with van der Waals surface area (Å²) in [6.07, 6.45) is -0.815. The molecule has 2 aliphatic heterocycles. The van der Waals surface area contributed by atoms with E-state index >= 15 is 0 Å². The lowest BCUT2D eigenvalue weighted by molar-refractivity contribution is -0.193. The summed E-state index contributed by atoms with van der Waals surface area (Å²) >= 11 is 0. The summed E-state index contributed by atoms with van der Waals surface area (Å²) in [6.45, 7) is -0.538. The van der Waals surface area contributed by atoms with Crippen LogP contribution in [0.25, 0.3) is 0 Å². The van der Waals surface area contributed by atoms with E-state index in [1.54, 1.807) is 0 Å². The number of carboxylic acid groups (broad SMARTS) is 1. The van der Waals surface area contributed by atoms with Crippen molar-refractivity contribution in [1.29, 1.82) is 0 Å². The van der Waals surface area contributed by atoms with Gasteiger partial charge in [0.05, 0.1) is 13.2 Å². The van der Waals surface area contributed by atoms with Crippen LogP contribution in [-0.2, 0) is 14.3 Å². The molecule has 0 unspecified atom stereocenters. The maximum atomic E-state index is 12.9. The van der Waals surface area contributed by atoms with Gasteiger partial charge in [0.15, 0.2) is 5.41 Å². The first-order valence-electron chi connectivity index (χ1n) is 5.36. The Balaban J connectivity index is 2.04. The molecule has 0 saturated carbocycles. The topological polar surface area (TPSA) is 66.8 Å². The average Bonchev–Trinajstić information content (AvgIpc) is 2.14. The summed E-state index contributed by atoms with van der Waals surface area (Å²) < 4.78 is 30.6. The Morgan fingerprint density at radius 2 is 1.71 bits per heavy atom. The monoisotopic (exact) mass is 249 g/mol. The number of carboxylic acids is 1. The summed E-state index contributed by atoms with van der Waals surface area (Å²) in [5.74, 6) is -4.60. The quantitative estimate of drug-likeness (QED) is 0.717. The largest absolute Gasteiger partial charge is 0.480 e. The predicted octanol–water partition coefficient (Wildman–Crippen LogP) is 0.345. The minimum atomic E-state index is -2.75. The Bertz CT molecular complexity index is 344. The van der Waals surface area contributed by atoms with Crippen molar-refractivity contribution in [3.8, 4) is 0 Å². The molecule has 0 radical (unpaired) electrons. The molecular weight excluding hydrogens is 236 g/mol. The van der Waals surface area contributed by atoms with E-state index in [9.17, 15) is 18.4 Å². The zero-order chi connectivity index (χ0) is 12.7. The van der Waals surface area contributed by atoms with Crippen LogP contribution in [0.3, 0.4) is 0 Å². The maximum absolute atomic E-state index is 12.9. The molecule has 0 bridgehead atoms. The lowest BCUT2D eigenvalue weighted by atomic mass is 9.83. The van der Waals surface area contributed by atoms with Gasteiger partial charge in [-0.05, 0) is 0 Å². The molecule has 1 amide bonds. The number of nitrogens with zero attached hydrogens (tertiary/aromatic N) is 1. The van der Waals surface area contributed by atoms with Crippen LogP contribution in [0.2, 0.25) is 0 Å². The number of carbonyl (C=O) groups is 2. The predicted molar refractivity (Wildman–Crippen MR) is 51.6 cm³/mol. The molecule has 2 saturated heterocycles. The van der Waals surface area contributed by atoms with Crippen LogP contribution in [0.4, 0.5) is 8.78 Å². The van der Waals surface area contributed by atoms with Gasteiger partial charge < -0.3 is 14.7 Å². The van der Waals surface area contributed by atoms with Gasteiger partial charge in [-0.15, -0.1) is 0 Å². The van der Waals surface area contributed by atoms with Gasteiger partial charge in [-0.2, -0.15) is 0 Å². The second-order valence-electron chi connectivity index (χ2n) is 4.53. The van der Waals surface area contributed by atoms with E-state index in [-0.39, 0.29) is 26.3 Å². The number of alkyl halides is 2. The number of rotatable bonds is 2. The number of aliphatic carboxylic acids is 1. The SMILES string of the molecule is O=C(O)C1(C(=O)N2CCC(F)(F)CC2)COC1. The highest BCUT2D eigenvalue weighted by Gasteiger charge is 2.55. The molecule has 0 spiro atoms. The standard InChI is InChI=1S/C10H13F2NO4/c11-10(12)1-3-13(4-2-10)7(14)9(8(15)16)5-17-6-9/h1-6H2,(H,15,16). The number of halogens is 2. The summed E-state index contributed by atoms with van der Waals surface area (Å²) in [7, 11) is 0. The first-order chi connectivity index (χ1) is 7.87. The van der Waals surface area contributed by atoms with Gasteiger partial charge in [-0.3, -0.25) is 9.59 Å². The van der Waals surface area contributed by atoms with E-state index in [4.69, 9.17) is 9.84 Å². The number of hydrogen-bond donors (Lipinski definition) is 1. The summed E-state index contributed by atoms with van der Waals surface area (Å²) in [6, 6.07) is 0. The maximum Gasteiger partial charge on any atom is 0.324 e. The number of hydrogen-bond acceptors (Lipinski definition) is 3. The normalized spacial score (nSPS) is 26.1. The van der Waals surface area contributed by atoms with Crippen LogP contribution in [0, 0.1) is 5.41 Å². The Labute approximate surface area is 96.3 Å². The number of ether oxygens (including phenoxy) is 1. The Hall–Kier alpha value is -1.24. The molecule has 96 valence electrons. The van der Waals surface area contributed by atoms with Crippen molar-refractivity contribution in [2.75, 3.05) is 26.3 Å². The van der Waals surface area contributed by atoms with Crippen LogP contribution in [0.1, 0.15) is 12.8 Å². The van der Waals surface area contributed by atoms with Crippen LogP contribution in [0.15, 0.2) is 0 Å². The third-order valence-electron chi connectivity index (χ3n) is 3.30. The van der Waals surface area contributed by atoms with E-state index in [0.717, 1.165) is 0 Å². The molecule has 0 aromatic rings. The smallest absolute Gasteiger partial charge is 0.324 e. The van der Waals surface area contributed by atoms with Crippen molar-refractivity contribution >= 4 is 11.9 Å². The number of amides is 1. The van der Waals surface area contributed by atoms with Crippen molar-refractivity contribution in [3.05, 3.63) is 0 Å². The molecule has 17 heavy (non-hydrogen) atoms. The Morgan fingerprint density at radius 3 is 2.06 bits per heavy atom. The van der Waals surface area contributed by atoms with Gasteiger partial charge in [0, 0.05) is 25.9 Å². The number of carbonyl (C=O) groups excluding carboxylic acids is 1. The third kappa shape index (κ3) is 1.99. The molecule has 0 aromatic carbocycles. The molecular formula is C10H13F2NO4. The summed E-state index contributed by atoms with van der Waals surface area (Å²) in [4.78, 5) is 24.2. The van der Waals surface area contributed by atoms with Gasteiger partial charge in [0.1, 0.15) is 0 Å². The van der Waals surface area contributed by atoms with Crippen LogP contribution >= 0.6 is 0 Å². The molecule has 0 atom stereocenters. The van der Waals surface area contributed by atoms with Gasteiger partial charge in [0.25, 0.3) is 5.92 Å². The first kappa shape index (κ1) is 12.2. The molecule has 0 aliphatic carbocycles. The second-order valence-corrected chi connectivity index (χ2v) is 4.53. The van der Waals surface area contributed by atoms with Gasteiger partial charge in [-0.25, -0.2) is 8.78 Å². The van der Waals surface area contributed by atoms with Gasteiger partial charge in [0.2, 0.25) is 5.91 Å². The molecule has 7 heteroatoms. The summed E-state index contributed by atoms with van der Waals surface area (Å²) in [5, 5.41) is 9.01. The van der Waals surface area contributed by atoms with E-state index < -0.39 is 36.1 Å². The highest BCUT2D eigenvalue weighted by atomic mass is 19.3. The Kier molecular flexibility index (Phi) is 2.81. The van der Waals surface area contributed by atoms with E-state index in [0.29, 0.717) is 0 Å². The molecule has 2 heterocycles. The summed E-state index contributed by atoms with van der Waals surface area (Å²) in [5.41, 5.74) is -1.55. The van der Waals surface area contributed by atoms with Crippen LogP contribution in [-0.4, -0.2) is 54.1 Å². The zero-order valence-corrected chi connectivity index (χ0v) is 9.12. The highest BCUT2D eigenvalue weighted by Crippen LogP contribution is 2.34. The zero-order valence-electron chi connectivity index (χ0n) is 9.12. The molecule has 2 aliphatic rings. The highest BCUT2D eigenvalue weighted by molar-refractivity contribution is 6.03. The Morgan fingerprint density at radius 1 is 1.18 bits per heavy atom. The molecule has 2 fully saturated rings. The number of piperidine rings is 1. The second kappa shape index (κ2) is 3.90. The van der Waals surface area contributed by atoms with Crippen molar-refractivity contribution in [1.82, 2.24) is 4.90 Å². The minimum Gasteiger partial charge on any atom is -0.480 e. The lowest BCUT2D eigenvalue weighted by Crippen LogP contribution is -2.61. The fraction of sp³-hybridized carbons (Fsp3) is 0.800. The van der Waals surface area contributed by atoms with Crippen molar-refractivity contribution in [2.45, 2.75) is 18.8 Å². The number of likely N-dealkylation sites (tertiary alicyclic amines) is 1. The fourth-order valence-electron chi connectivity index (χ4n) is 1.98. The average molecular weight is 249 g/mol.